The summed E-state index contributed by atoms with van der Waals surface area (Å²) in [4.78, 5) is 12.1. The summed E-state index contributed by atoms with van der Waals surface area (Å²) >= 11 is 12.1. The third-order valence-corrected chi connectivity index (χ3v) is 5.26. The molecule has 0 saturated heterocycles. The number of nitrogens with zero attached hydrogens (tertiary/aromatic N) is 1. The number of halogens is 2. The number of hydrogen-bond acceptors (Lipinski definition) is 4. The fourth-order valence-electron chi connectivity index (χ4n) is 2.49. The van der Waals surface area contributed by atoms with E-state index in [4.69, 9.17) is 22.2 Å². The number of fused-ring (bicyclic) bond motifs is 1. The summed E-state index contributed by atoms with van der Waals surface area (Å²) < 4.78 is 7.39. The molecule has 0 atom stereocenters. The van der Waals surface area contributed by atoms with Gasteiger partial charge in [0.1, 0.15) is 5.75 Å². The Morgan fingerprint density at radius 1 is 1.14 bits per heavy atom. The molecule has 0 heterocycles. The first-order chi connectivity index (χ1) is 13.5. The third-order valence-electron chi connectivity index (χ3n) is 3.74. The molecule has 140 valence electrons. The minimum absolute atomic E-state index is 0.131. The number of ether oxygens (including phenoxy) is 1. The summed E-state index contributed by atoms with van der Waals surface area (Å²) in [5.41, 5.74) is 1.12. The number of amides is 1. The summed E-state index contributed by atoms with van der Waals surface area (Å²) in [6.45, 7) is -0.194. The van der Waals surface area contributed by atoms with Crippen LogP contribution in [0.5, 0.6) is 5.75 Å². The van der Waals surface area contributed by atoms with E-state index in [0.29, 0.717) is 17.0 Å². The molecule has 8 heteroatoms. The molecular weight excluding hydrogens is 506 g/mol. The number of anilines is 1. The second-order valence-electron chi connectivity index (χ2n) is 5.73. The van der Waals surface area contributed by atoms with Crippen LogP contribution in [0.15, 0.2) is 63.5 Å². The van der Waals surface area contributed by atoms with Crippen molar-refractivity contribution in [3.8, 4) is 11.8 Å². The molecule has 3 aromatic rings. The van der Waals surface area contributed by atoms with Gasteiger partial charge in [-0.3, -0.25) is 10.1 Å². The van der Waals surface area contributed by atoms with E-state index < -0.39 is 5.91 Å². The molecule has 0 aliphatic heterocycles. The number of carbonyl (C=O) groups is 1. The molecule has 28 heavy (non-hydrogen) atoms. The van der Waals surface area contributed by atoms with Crippen molar-refractivity contribution in [3.05, 3.63) is 69.1 Å². The molecule has 3 aromatic carbocycles. The van der Waals surface area contributed by atoms with E-state index in [1.165, 1.54) is 0 Å². The Labute approximate surface area is 183 Å². The van der Waals surface area contributed by atoms with Gasteiger partial charge >= 0.3 is 0 Å². The van der Waals surface area contributed by atoms with Crippen LogP contribution in [0.2, 0.25) is 0 Å². The predicted molar refractivity (Wildman–Crippen MR) is 120 cm³/mol. The maximum absolute atomic E-state index is 12.1. The molecule has 0 saturated carbocycles. The van der Waals surface area contributed by atoms with Crippen molar-refractivity contribution in [2.45, 2.75) is 0 Å². The monoisotopic (exact) mass is 517 g/mol. The minimum Gasteiger partial charge on any atom is -0.483 e. The minimum atomic E-state index is -0.392. The summed E-state index contributed by atoms with van der Waals surface area (Å²) in [6, 6.07) is 18.5. The molecule has 0 aromatic heterocycles. The van der Waals surface area contributed by atoms with E-state index in [1.54, 1.807) is 30.3 Å². The van der Waals surface area contributed by atoms with Gasteiger partial charge in [0.15, 0.2) is 11.7 Å². The lowest BCUT2D eigenvalue weighted by molar-refractivity contribution is -0.121. The lowest BCUT2D eigenvalue weighted by atomic mass is 10.1. The number of thiocarbonyl (C=S) groups is 1. The second kappa shape index (κ2) is 9.15. The van der Waals surface area contributed by atoms with Gasteiger partial charge in [-0.25, -0.2) is 0 Å². The maximum atomic E-state index is 12.1. The lowest BCUT2D eigenvalue weighted by Gasteiger charge is -2.12. The van der Waals surface area contributed by atoms with Crippen LogP contribution < -0.4 is 15.4 Å². The Morgan fingerprint density at radius 3 is 2.75 bits per heavy atom. The van der Waals surface area contributed by atoms with Crippen LogP contribution in [0, 0.1) is 11.3 Å². The number of nitriles is 1. The van der Waals surface area contributed by atoms with Gasteiger partial charge in [-0.2, -0.15) is 5.26 Å². The fraction of sp³-hybridized carbons (Fsp3) is 0.0500. The average molecular weight is 519 g/mol. The lowest BCUT2D eigenvalue weighted by Crippen LogP contribution is -2.37. The van der Waals surface area contributed by atoms with Gasteiger partial charge in [0.05, 0.1) is 16.1 Å². The summed E-state index contributed by atoms with van der Waals surface area (Å²) in [5, 5.41) is 16.5. The van der Waals surface area contributed by atoms with Crippen molar-refractivity contribution in [2.75, 3.05) is 11.9 Å². The van der Waals surface area contributed by atoms with E-state index >= 15 is 0 Å². The Balaban J connectivity index is 1.59. The van der Waals surface area contributed by atoms with Crippen LogP contribution in [0.3, 0.4) is 0 Å². The van der Waals surface area contributed by atoms with Gasteiger partial charge in [0, 0.05) is 10.2 Å². The van der Waals surface area contributed by atoms with Crippen molar-refractivity contribution < 1.29 is 9.53 Å². The van der Waals surface area contributed by atoms with Crippen molar-refractivity contribution >= 4 is 71.6 Å². The van der Waals surface area contributed by atoms with Crippen LogP contribution in [0.1, 0.15) is 5.56 Å². The topological polar surface area (TPSA) is 74.2 Å². The molecule has 0 bridgehead atoms. The SMILES string of the molecule is N#Cc1cccc(NC(=S)NC(=O)COc2ccc3cc(Br)ccc3c2Br)c1. The number of hydrogen-bond donors (Lipinski definition) is 2. The van der Waals surface area contributed by atoms with Gasteiger partial charge in [0.2, 0.25) is 0 Å². The zero-order valence-corrected chi connectivity index (χ0v) is 18.3. The number of rotatable bonds is 4. The number of nitrogens with one attached hydrogen (secondary N) is 2. The first-order valence-corrected chi connectivity index (χ1v) is 10.1. The van der Waals surface area contributed by atoms with Crippen LogP contribution in [-0.2, 0) is 4.79 Å². The van der Waals surface area contributed by atoms with E-state index in [9.17, 15) is 4.79 Å². The highest BCUT2D eigenvalue weighted by Gasteiger charge is 2.10. The Kier molecular flexibility index (Phi) is 6.62. The molecule has 0 spiro atoms. The molecule has 0 unspecified atom stereocenters. The Morgan fingerprint density at radius 2 is 1.96 bits per heavy atom. The summed E-state index contributed by atoms with van der Waals surface area (Å²) in [6.07, 6.45) is 0. The predicted octanol–water partition coefficient (Wildman–Crippen LogP) is 5.13. The first kappa shape index (κ1) is 20.3. The maximum Gasteiger partial charge on any atom is 0.264 e. The Bertz CT molecular complexity index is 1110. The van der Waals surface area contributed by atoms with Crippen molar-refractivity contribution in [3.63, 3.8) is 0 Å². The summed E-state index contributed by atoms with van der Waals surface area (Å²) in [5.74, 6) is 0.169. The van der Waals surface area contributed by atoms with Gasteiger partial charge in [-0.1, -0.05) is 34.1 Å². The van der Waals surface area contributed by atoms with Gasteiger partial charge < -0.3 is 10.1 Å². The molecule has 1 amide bonds. The van der Waals surface area contributed by atoms with E-state index in [2.05, 4.69) is 42.5 Å². The van der Waals surface area contributed by atoms with E-state index in [-0.39, 0.29) is 11.7 Å². The quantitative estimate of drug-likeness (QED) is 0.468. The van der Waals surface area contributed by atoms with Crippen LogP contribution in [0.25, 0.3) is 10.8 Å². The van der Waals surface area contributed by atoms with E-state index in [0.717, 1.165) is 19.7 Å². The summed E-state index contributed by atoms with van der Waals surface area (Å²) in [7, 11) is 0. The molecule has 5 nitrogen and oxygen atoms in total. The molecule has 3 rings (SSSR count). The van der Waals surface area contributed by atoms with Gasteiger partial charge in [-0.15, -0.1) is 0 Å². The molecule has 0 aliphatic carbocycles. The normalized spacial score (nSPS) is 10.2. The molecular formula is C20H13Br2N3O2S. The molecule has 0 aliphatic rings. The second-order valence-corrected chi connectivity index (χ2v) is 7.84. The number of carbonyl (C=O) groups excluding carboxylic acids is 1. The smallest absolute Gasteiger partial charge is 0.264 e. The van der Waals surface area contributed by atoms with E-state index in [1.807, 2.05) is 30.3 Å². The zero-order valence-electron chi connectivity index (χ0n) is 14.3. The van der Waals surface area contributed by atoms with Crippen LogP contribution in [0.4, 0.5) is 5.69 Å². The number of benzene rings is 3. The Hall–Kier alpha value is -2.47. The molecule has 0 radical (unpaired) electrons. The highest BCUT2D eigenvalue weighted by Crippen LogP contribution is 2.34. The molecule has 2 N–H and O–H groups in total. The molecule has 0 fully saturated rings. The van der Waals surface area contributed by atoms with Crippen molar-refractivity contribution in [1.82, 2.24) is 5.32 Å². The zero-order chi connectivity index (χ0) is 20.1. The highest BCUT2D eigenvalue weighted by molar-refractivity contribution is 9.11. The largest absolute Gasteiger partial charge is 0.483 e. The van der Waals surface area contributed by atoms with Gasteiger partial charge in [-0.05, 0) is 75.3 Å². The standard InChI is InChI=1S/C20H13Br2N3O2S/c21-14-5-6-16-13(9-14)4-7-17(19(16)22)27-11-18(26)25-20(28)24-15-3-1-2-12(8-15)10-23/h1-9H,11H2,(H2,24,25,26,28). The third kappa shape index (κ3) is 5.07. The van der Waals surface area contributed by atoms with Gasteiger partial charge in [0.25, 0.3) is 5.91 Å². The fourth-order valence-corrected chi connectivity index (χ4v) is 3.71. The first-order valence-electron chi connectivity index (χ1n) is 8.08. The van der Waals surface area contributed by atoms with Crippen molar-refractivity contribution in [2.24, 2.45) is 0 Å². The highest BCUT2D eigenvalue weighted by atomic mass is 79.9. The van der Waals surface area contributed by atoms with Crippen LogP contribution >= 0.6 is 44.1 Å². The van der Waals surface area contributed by atoms with Crippen molar-refractivity contribution in [1.29, 1.82) is 5.26 Å². The van der Waals surface area contributed by atoms with Crippen LogP contribution in [-0.4, -0.2) is 17.6 Å². The average Bonchev–Trinajstić information content (AvgIpc) is 2.67.